The summed E-state index contributed by atoms with van der Waals surface area (Å²) in [5, 5.41) is 13.9. The molecule has 1 aliphatic rings. The van der Waals surface area contributed by atoms with Crippen LogP contribution >= 0.6 is 23.1 Å². The summed E-state index contributed by atoms with van der Waals surface area (Å²) < 4.78 is 0. The molecule has 0 radical (unpaired) electrons. The van der Waals surface area contributed by atoms with Crippen LogP contribution in [0.3, 0.4) is 0 Å². The van der Waals surface area contributed by atoms with Gasteiger partial charge in [-0.1, -0.05) is 17.8 Å². The number of carbonyl (C=O) groups is 2. The van der Waals surface area contributed by atoms with Crippen molar-refractivity contribution in [3.05, 3.63) is 17.5 Å². The molecule has 7 nitrogen and oxygen atoms in total. The molecule has 2 aromatic rings. The van der Waals surface area contributed by atoms with Crippen LogP contribution < -0.4 is 10.6 Å². The Bertz CT molecular complexity index is 666. The Kier molecular flexibility index (Phi) is 4.44. The van der Waals surface area contributed by atoms with E-state index in [4.69, 9.17) is 0 Å². The second-order valence-corrected chi connectivity index (χ2v) is 7.20. The molecule has 1 atom stereocenters. The molecule has 9 heteroatoms. The van der Waals surface area contributed by atoms with Crippen LogP contribution in [0, 0.1) is 0 Å². The maximum Gasteiger partial charge on any atom is 0.321 e. The van der Waals surface area contributed by atoms with Gasteiger partial charge in [-0.3, -0.25) is 15.2 Å². The minimum atomic E-state index is -0.461. The minimum absolute atomic E-state index is 0.220. The van der Waals surface area contributed by atoms with Crippen LogP contribution in [0.5, 0.6) is 0 Å². The number of hydrogen-bond acceptors (Lipinski definition) is 6. The Morgan fingerprint density at radius 3 is 3.00 bits per heavy atom. The van der Waals surface area contributed by atoms with Crippen LogP contribution in [-0.4, -0.2) is 38.4 Å². The lowest BCUT2D eigenvalue weighted by Crippen LogP contribution is -2.43. The highest BCUT2D eigenvalue weighted by atomic mass is 32.2. The first kappa shape index (κ1) is 15.0. The van der Waals surface area contributed by atoms with Crippen molar-refractivity contribution in [3.63, 3.8) is 0 Å². The van der Waals surface area contributed by atoms with E-state index >= 15 is 0 Å². The Morgan fingerprint density at radius 1 is 1.50 bits per heavy atom. The molecule has 0 aliphatic heterocycles. The van der Waals surface area contributed by atoms with Crippen LogP contribution in [0.2, 0.25) is 0 Å². The van der Waals surface area contributed by atoms with Crippen LogP contribution in [0.15, 0.2) is 22.7 Å². The monoisotopic (exact) mass is 337 g/mol. The molecule has 0 spiro atoms. The van der Waals surface area contributed by atoms with Crippen LogP contribution in [0.25, 0.3) is 10.7 Å². The van der Waals surface area contributed by atoms with E-state index in [2.05, 4.69) is 25.8 Å². The Labute approximate surface area is 135 Å². The normalized spacial score (nSPS) is 15.3. The number of imide groups is 1. The fourth-order valence-electron chi connectivity index (χ4n) is 1.70. The molecule has 116 valence electrons. The fourth-order valence-corrected chi connectivity index (χ4v) is 3.09. The number of carbonyl (C=O) groups excluding carboxylic acids is 2. The zero-order valence-corrected chi connectivity index (χ0v) is 13.5. The van der Waals surface area contributed by atoms with Crippen molar-refractivity contribution in [2.24, 2.45) is 0 Å². The lowest BCUT2D eigenvalue weighted by Gasteiger charge is -2.09. The molecule has 3 amide bonds. The highest BCUT2D eigenvalue weighted by molar-refractivity contribution is 8.00. The standard InChI is InChI=1S/C13H15N5O2S2/c1-7(11(19)16-12(20)14-8-4-5-8)22-13-15-10(17-18-13)9-3-2-6-21-9/h2-3,6-8H,4-5H2,1H3,(H,15,17,18)(H2,14,16,19,20). The molecule has 1 fully saturated rings. The number of rotatable bonds is 5. The van der Waals surface area contributed by atoms with Crippen molar-refractivity contribution < 1.29 is 9.59 Å². The third kappa shape index (κ3) is 3.86. The van der Waals surface area contributed by atoms with E-state index in [0.29, 0.717) is 11.0 Å². The van der Waals surface area contributed by atoms with Gasteiger partial charge in [0.25, 0.3) is 0 Å². The number of amides is 3. The highest BCUT2D eigenvalue weighted by Crippen LogP contribution is 2.25. The fraction of sp³-hybridized carbons (Fsp3) is 0.385. The van der Waals surface area contributed by atoms with Crippen molar-refractivity contribution in [3.8, 4) is 10.7 Å². The molecular formula is C13H15N5O2S2. The van der Waals surface area contributed by atoms with Gasteiger partial charge in [0.1, 0.15) is 0 Å². The van der Waals surface area contributed by atoms with Crippen molar-refractivity contribution in [2.45, 2.75) is 36.2 Å². The van der Waals surface area contributed by atoms with E-state index < -0.39 is 11.3 Å². The lowest BCUT2D eigenvalue weighted by atomic mass is 10.4. The summed E-state index contributed by atoms with van der Waals surface area (Å²) in [6, 6.07) is 3.66. The number of hydrogen-bond donors (Lipinski definition) is 3. The van der Waals surface area contributed by atoms with Crippen LogP contribution in [0.1, 0.15) is 19.8 Å². The molecule has 0 bridgehead atoms. The summed E-state index contributed by atoms with van der Waals surface area (Å²) in [5.41, 5.74) is 0. The van der Waals surface area contributed by atoms with Crippen LogP contribution in [-0.2, 0) is 4.79 Å². The SMILES string of the molecule is CC(Sc1n[nH]c(-c2cccs2)n1)C(=O)NC(=O)NC1CC1. The molecule has 1 saturated carbocycles. The zero-order valence-electron chi connectivity index (χ0n) is 11.8. The molecule has 3 N–H and O–H groups in total. The van der Waals surface area contributed by atoms with Gasteiger partial charge in [-0.2, -0.15) is 0 Å². The predicted molar refractivity (Wildman–Crippen MR) is 84.7 cm³/mol. The molecule has 2 aromatic heterocycles. The summed E-state index contributed by atoms with van der Waals surface area (Å²) in [5.74, 6) is 0.321. The average Bonchev–Trinajstić information content (AvgIpc) is 2.96. The van der Waals surface area contributed by atoms with Crippen molar-refractivity contribution in [1.82, 2.24) is 25.8 Å². The lowest BCUT2D eigenvalue weighted by molar-refractivity contribution is -0.119. The summed E-state index contributed by atoms with van der Waals surface area (Å²) >= 11 is 2.76. The molecular weight excluding hydrogens is 322 g/mol. The van der Waals surface area contributed by atoms with E-state index in [1.165, 1.54) is 11.8 Å². The Morgan fingerprint density at radius 2 is 2.32 bits per heavy atom. The van der Waals surface area contributed by atoms with E-state index in [1.54, 1.807) is 18.3 Å². The smallest absolute Gasteiger partial charge is 0.321 e. The number of H-pyrrole nitrogens is 1. The van der Waals surface area contributed by atoms with Gasteiger partial charge in [0.15, 0.2) is 5.82 Å². The van der Waals surface area contributed by atoms with Gasteiger partial charge < -0.3 is 5.32 Å². The molecule has 1 unspecified atom stereocenters. The van der Waals surface area contributed by atoms with Gasteiger partial charge in [0, 0.05) is 6.04 Å². The van der Waals surface area contributed by atoms with E-state index in [0.717, 1.165) is 17.7 Å². The van der Waals surface area contributed by atoms with Gasteiger partial charge in [-0.05, 0) is 31.2 Å². The summed E-state index contributed by atoms with van der Waals surface area (Å²) in [7, 11) is 0. The van der Waals surface area contributed by atoms with E-state index in [9.17, 15) is 9.59 Å². The molecule has 0 aromatic carbocycles. The van der Waals surface area contributed by atoms with Gasteiger partial charge in [-0.25, -0.2) is 9.78 Å². The van der Waals surface area contributed by atoms with Crippen molar-refractivity contribution in [1.29, 1.82) is 0 Å². The topological polar surface area (TPSA) is 99.8 Å². The van der Waals surface area contributed by atoms with E-state index in [1.807, 2.05) is 17.5 Å². The zero-order chi connectivity index (χ0) is 15.5. The first-order chi connectivity index (χ1) is 10.6. The Hall–Kier alpha value is -1.87. The van der Waals surface area contributed by atoms with Crippen LogP contribution in [0.4, 0.5) is 4.79 Å². The number of thioether (sulfide) groups is 1. The second kappa shape index (κ2) is 6.49. The molecule has 1 aliphatic carbocycles. The second-order valence-electron chi connectivity index (χ2n) is 4.94. The first-order valence-corrected chi connectivity index (χ1v) is 8.62. The summed E-state index contributed by atoms with van der Waals surface area (Å²) in [6.45, 7) is 1.71. The molecule has 3 rings (SSSR count). The maximum absolute atomic E-state index is 11.9. The van der Waals surface area contributed by atoms with Gasteiger partial charge in [0.2, 0.25) is 11.1 Å². The van der Waals surface area contributed by atoms with Gasteiger partial charge in [-0.15, -0.1) is 16.4 Å². The summed E-state index contributed by atoms with van der Waals surface area (Å²) in [4.78, 5) is 28.8. The Balaban J connectivity index is 1.53. The molecule has 2 heterocycles. The average molecular weight is 337 g/mol. The number of aromatic amines is 1. The first-order valence-electron chi connectivity index (χ1n) is 6.86. The van der Waals surface area contributed by atoms with Gasteiger partial charge >= 0.3 is 6.03 Å². The third-order valence-corrected chi connectivity index (χ3v) is 4.86. The third-order valence-electron chi connectivity index (χ3n) is 3.02. The molecule has 22 heavy (non-hydrogen) atoms. The maximum atomic E-state index is 11.9. The summed E-state index contributed by atoms with van der Waals surface area (Å²) in [6.07, 6.45) is 1.96. The number of nitrogens with one attached hydrogen (secondary N) is 3. The van der Waals surface area contributed by atoms with Crippen molar-refractivity contribution >= 4 is 35.0 Å². The quantitative estimate of drug-likeness (QED) is 0.725. The number of aromatic nitrogens is 3. The van der Waals surface area contributed by atoms with E-state index in [-0.39, 0.29) is 11.9 Å². The minimum Gasteiger partial charge on any atom is -0.335 e. The highest BCUT2D eigenvalue weighted by Gasteiger charge is 2.25. The molecule has 0 saturated heterocycles. The predicted octanol–water partition coefficient (Wildman–Crippen LogP) is 2.00. The number of nitrogens with zero attached hydrogens (tertiary/aromatic N) is 2. The van der Waals surface area contributed by atoms with Gasteiger partial charge in [0.05, 0.1) is 10.1 Å². The van der Waals surface area contributed by atoms with Crippen molar-refractivity contribution in [2.75, 3.05) is 0 Å². The number of urea groups is 1. The number of thiophene rings is 1. The largest absolute Gasteiger partial charge is 0.335 e.